The summed E-state index contributed by atoms with van der Waals surface area (Å²) in [7, 11) is 0. The molecule has 4 heteroatoms. The van der Waals surface area contributed by atoms with Crippen LogP contribution in [0.25, 0.3) is 0 Å². The molecule has 0 aliphatic carbocycles. The smallest absolute Gasteiger partial charge is 0.251 e. The minimum atomic E-state index is -0.229. The van der Waals surface area contributed by atoms with Crippen molar-refractivity contribution < 1.29 is 9.59 Å². The van der Waals surface area contributed by atoms with Crippen molar-refractivity contribution in [3.05, 3.63) is 35.4 Å². The zero-order chi connectivity index (χ0) is 12.8. The molecule has 0 saturated carbocycles. The van der Waals surface area contributed by atoms with E-state index in [1.54, 1.807) is 12.1 Å². The molecule has 17 heavy (non-hydrogen) atoms. The Labute approximate surface area is 101 Å². The second-order valence-corrected chi connectivity index (χ2v) is 4.27. The first-order chi connectivity index (χ1) is 7.99. The van der Waals surface area contributed by atoms with Crippen molar-refractivity contribution in [1.82, 2.24) is 10.6 Å². The van der Waals surface area contributed by atoms with Gasteiger partial charge < -0.3 is 10.6 Å². The average Bonchev–Trinajstić information content (AvgIpc) is 2.25. The van der Waals surface area contributed by atoms with Crippen LogP contribution < -0.4 is 10.6 Å². The highest BCUT2D eigenvalue weighted by atomic mass is 16.2. The zero-order valence-corrected chi connectivity index (χ0v) is 10.4. The normalized spacial score (nSPS) is 10.1. The molecule has 0 aliphatic rings. The van der Waals surface area contributed by atoms with E-state index in [0.29, 0.717) is 5.56 Å². The molecule has 4 nitrogen and oxygen atoms in total. The van der Waals surface area contributed by atoms with Crippen LogP contribution in [0.3, 0.4) is 0 Å². The molecule has 0 aliphatic heterocycles. The van der Waals surface area contributed by atoms with Gasteiger partial charge >= 0.3 is 0 Å². The fourth-order valence-corrected chi connectivity index (χ4v) is 1.42. The highest BCUT2D eigenvalue weighted by Gasteiger charge is 2.08. The van der Waals surface area contributed by atoms with Gasteiger partial charge in [0.1, 0.15) is 0 Å². The Kier molecular flexibility index (Phi) is 4.69. The van der Waals surface area contributed by atoms with Crippen LogP contribution in [0.5, 0.6) is 0 Å². The third-order valence-electron chi connectivity index (χ3n) is 2.14. The van der Waals surface area contributed by atoms with Crippen molar-refractivity contribution in [2.24, 2.45) is 0 Å². The van der Waals surface area contributed by atoms with Crippen LogP contribution in [-0.2, 0) is 4.79 Å². The summed E-state index contributed by atoms with van der Waals surface area (Å²) in [5.41, 5.74) is 1.59. The first kappa shape index (κ1) is 13.2. The summed E-state index contributed by atoms with van der Waals surface area (Å²) >= 11 is 0. The highest BCUT2D eigenvalue weighted by molar-refractivity contribution is 5.96. The van der Waals surface area contributed by atoms with Crippen LogP contribution in [0.2, 0.25) is 0 Å². The Morgan fingerprint density at radius 1 is 1.29 bits per heavy atom. The number of carbonyl (C=O) groups is 2. The maximum absolute atomic E-state index is 11.7. The molecule has 0 fully saturated rings. The van der Waals surface area contributed by atoms with Gasteiger partial charge in [0.15, 0.2) is 0 Å². The fraction of sp³-hybridized carbons (Fsp3) is 0.385. The van der Waals surface area contributed by atoms with Crippen molar-refractivity contribution in [3.8, 4) is 0 Å². The molecule has 0 unspecified atom stereocenters. The third-order valence-corrected chi connectivity index (χ3v) is 2.14. The van der Waals surface area contributed by atoms with Gasteiger partial charge in [-0.05, 0) is 32.9 Å². The molecule has 2 amide bonds. The second kappa shape index (κ2) is 6.03. The first-order valence-electron chi connectivity index (χ1n) is 5.63. The summed E-state index contributed by atoms with van der Waals surface area (Å²) in [5.74, 6) is -0.409. The van der Waals surface area contributed by atoms with Gasteiger partial charge in [0.25, 0.3) is 5.91 Å². The zero-order valence-electron chi connectivity index (χ0n) is 10.4. The van der Waals surface area contributed by atoms with Gasteiger partial charge in [-0.2, -0.15) is 0 Å². The van der Waals surface area contributed by atoms with Crippen molar-refractivity contribution >= 4 is 11.8 Å². The van der Waals surface area contributed by atoms with Crippen LogP contribution >= 0.6 is 0 Å². The Bertz CT molecular complexity index is 414. The fourth-order valence-electron chi connectivity index (χ4n) is 1.42. The van der Waals surface area contributed by atoms with Crippen LogP contribution in [0.4, 0.5) is 0 Å². The predicted molar refractivity (Wildman–Crippen MR) is 66.8 cm³/mol. The lowest BCUT2D eigenvalue weighted by atomic mass is 10.1. The average molecular weight is 234 g/mol. The summed E-state index contributed by atoms with van der Waals surface area (Å²) in [6.07, 6.45) is 0. The molecular formula is C13H18N2O2. The van der Waals surface area contributed by atoms with E-state index in [1.165, 1.54) is 0 Å². The Balaban J connectivity index is 2.48. The van der Waals surface area contributed by atoms with Gasteiger partial charge in [-0.15, -0.1) is 0 Å². The number of carbonyl (C=O) groups excluding carboxylic acids is 2. The topological polar surface area (TPSA) is 58.2 Å². The molecule has 92 valence electrons. The Morgan fingerprint density at radius 2 is 2.00 bits per heavy atom. The molecule has 0 atom stereocenters. The van der Waals surface area contributed by atoms with E-state index in [0.717, 1.165) is 5.56 Å². The summed E-state index contributed by atoms with van der Waals surface area (Å²) in [6.45, 7) is 5.67. The predicted octanol–water partition coefficient (Wildman–Crippen LogP) is 1.25. The van der Waals surface area contributed by atoms with Gasteiger partial charge in [0, 0.05) is 11.6 Å². The standard InChI is InChI=1S/C13H18N2O2/c1-9(2)15-12(16)8-14-13(17)11-6-4-5-10(3)7-11/h4-7,9H,8H2,1-3H3,(H,14,17)(H,15,16). The number of aryl methyl sites for hydroxylation is 1. The van der Waals surface area contributed by atoms with E-state index >= 15 is 0 Å². The molecule has 0 heterocycles. The monoisotopic (exact) mass is 234 g/mol. The molecule has 0 saturated heterocycles. The molecule has 1 aromatic carbocycles. The lowest BCUT2D eigenvalue weighted by Gasteiger charge is -2.09. The first-order valence-corrected chi connectivity index (χ1v) is 5.63. The van der Waals surface area contributed by atoms with Crippen molar-refractivity contribution in [3.63, 3.8) is 0 Å². The largest absolute Gasteiger partial charge is 0.352 e. The van der Waals surface area contributed by atoms with Crippen LogP contribution in [0.1, 0.15) is 29.8 Å². The van der Waals surface area contributed by atoms with Gasteiger partial charge in [0.05, 0.1) is 6.54 Å². The van der Waals surface area contributed by atoms with Gasteiger partial charge in [-0.1, -0.05) is 17.7 Å². The SMILES string of the molecule is Cc1cccc(C(=O)NCC(=O)NC(C)C)c1. The number of benzene rings is 1. The van der Waals surface area contributed by atoms with Crippen molar-refractivity contribution in [1.29, 1.82) is 0 Å². The minimum absolute atomic E-state index is 0.00492. The molecule has 1 rings (SSSR count). The number of nitrogens with one attached hydrogen (secondary N) is 2. The lowest BCUT2D eigenvalue weighted by molar-refractivity contribution is -0.120. The van der Waals surface area contributed by atoms with Gasteiger partial charge in [-0.3, -0.25) is 9.59 Å². The number of amides is 2. The van der Waals surface area contributed by atoms with E-state index in [2.05, 4.69) is 10.6 Å². The minimum Gasteiger partial charge on any atom is -0.352 e. The summed E-state index contributed by atoms with van der Waals surface area (Å²) in [4.78, 5) is 23.0. The van der Waals surface area contributed by atoms with Crippen molar-refractivity contribution in [2.75, 3.05) is 6.54 Å². The number of hydrogen-bond donors (Lipinski definition) is 2. The van der Waals surface area contributed by atoms with Gasteiger partial charge in [0.2, 0.25) is 5.91 Å². The summed E-state index contributed by atoms with van der Waals surface area (Å²) in [5, 5.41) is 5.29. The Hall–Kier alpha value is -1.84. The molecular weight excluding hydrogens is 216 g/mol. The van der Waals surface area contributed by atoms with E-state index < -0.39 is 0 Å². The summed E-state index contributed by atoms with van der Waals surface area (Å²) in [6, 6.07) is 7.33. The molecule has 0 radical (unpaired) electrons. The second-order valence-electron chi connectivity index (χ2n) is 4.27. The lowest BCUT2D eigenvalue weighted by Crippen LogP contribution is -2.39. The number of rotatable bonds is 4. The highest BCUT2D eigenvalue weighted by Crippen LogP contribution is 2.03. The van der Waals surface area contributed by atoms with E-state index in [-0.39, 0.29) is 24.4 Å². The van der Waals surface area contributed by atoms with Gasteiger partial charge in [-0.25, -0.2) is 0 Å². The van der Waals surface area contributed by atoms with Crippen LogP contribution in [-0.4, -0.2) is 24.4 Å². The molecule has 1 aromatic rings. The number of hydrogen-bond acceptors (Lipinski definition) is 2. The molecule has 0 spiro atoms. The van der Waals surface area contributed by atoms with E-state index in [1.807, 2.05) is 32.9 Å². The third kappa shape index (κ3) is 4.68. The van der Waals surface area contributed by atoms with E-state index in [4.69, 9.17) is 0 Å². The molecule has 0 bridgehead atoms. The maximum atomic E-state index is 11.7. The molecule has 0 aromatic heterocycles. The summed E-state index contributed by atoms with van der Waals surface area (Å²) < 4.78 is 0. The maximum Gasteiger partial charge on any atom is 0.251 e. The quantitative estimate of drug-likeness (QED) is 0.823. The Morgan fingerprint density at radius 3 is 2.59 bits per heavy atom. The van der Waals surface area contributed by atoms with Crippen LogP contribution in [0, 0.1) is 6.92 Å². The van der Waals surface area contributed by atoms with E-state index in [9.17, 15) is 9.59 Å². The molecule has 2 N–H and O–H groups in total. The van der Waals surface area contributed by atoms with Crippen molar-refractivity contribution in [2.45, 2.75) is 26.8 Å². The van der Waals surface area contributed by atoms with Crippen LogP contribution in [0.15, 0.2) is 24.3 Å².